The zero-order valence-electron chi connectivity index (χ0n) is 20.1. The minimum atomic E-state index is -0.382. The maximum Gasteiger partial charge on any atom is 0.267 e. The van der Waals surface area contributed by atoms with Gasteiger partial charge in [-0.2, -0.15) is 0 Å². The molecule has 0 bridgehead atoms. The lowest BCUT2D eigenvalue weighted by molar-refractivity contribution is 0.0903. The van der Waals surface area contributed by atoms with Gasteiger partial charge < -0.3 is 15.0 Å². The van der Waals surface area contributed by atoms with Crippen molar-refractivity contribution in [2.75, 3.05) is 6.61 Å². The molecule has 0 saturated heterocycles. The van der Waals surface area contributed by atoms with Crippen molar-refractivity contribution in [3.63, 3.8) is 0 Å². The summed E-state index contributed by atoms with van der Waals surface area (Å²) in [7, 11) is 0. The number of benzene rings is 1. The second-order valence-corrected chi connectivity index (χ2v) is 8.94. The van der Waals surface area contributed by atoms with Crippen LogP contribution in [0.4, 0.5) is 4.39 Å². The first-order valence-corrected chi connectivity index (χ1v) is 12.1. The van der Waals surface area contributed by atoms with Crippen LogP contribution in [0.3, 0.4) is 0 Å². The maximum absolute atomic E-state index is 14.9. The van der Waals surface area contributed by atoms with E-state index >= 15 is 0 Å². The number of nitrogens with zero attached hydrogens (tertiary/aromatic N) is 5. The third-order valence-corrected chi connectivity index (χ3v) is 6.53. The molecule has 10 heteroatoms. The fraction of sp³-hybridized carbons (Fsp3) is 0.222. The first kappa shape index (κ1) is 22.8. The van der Waals surface area contributed by atoms with Gasteiger partial charge in [0.25, 0.3) is 5.91 Å². The number of ether oxygens (including phenoxy) is 1. The minimum absolute atomic E-state index is 0.00163. The average molecular weight is 498 g/mol. The van der Waals surface area contributed by atoms with E-state index in [2.05, 4.69) is 30.5 Å². The normalized spacial score (nSPS) is 16.9. The van der Waals surface area contributed by atoms with Crippen molar-refractivity contribution in [3.8, 4) is 23.0 Å². The number of pyridine rings is 2. The molecule has 1 amide bonds. The number of carbonyl (C=O) groups excluding carboxylic acids is 1. The van der Waals surface area contributed by atoms with Gasteiger partial charge in [0.05, 0.1) is 18.5 Å². The smallest absolute Gasteiger partial charge is 0.267 e. The Bertz CT molecular complexity index is 1540. The monoisotopic (exact) mass is 497 g/mol. The first-order valence-electron chi connectivity index (χ1n) is 12.1. The molecule has 186 valence electrons. The third kappa shape index (κ3) is 4.31. The Morgan fingerprint density at radius 2 is 2.00 bits per heavy atom. The summed E-state index contributed by atoms with van der Waals surface area (Å²) in [4.78, 5) is 24.5. The highest BCUT2D eigenvalue weighted by Crippen LogP contribution is 2.39. The van der Waals surface area contributed by atoms with E-state index in [0.717, 1.165) is 5.39 Å². The molecule has 9 nitrogen and oxygen atoms in total. The lowest BCUT2D eigenvalue weighted by Crippen LogP contribution is -2.44. The molecule has 0 aliphatic heterocycles. The molecule has 37 heavy (non-hydrogen) atoms. The van der Waals surface area contributed by atoms with Crippen LogP contribution in [-0.2, 0) is 0 Å². The van der Waals surface area contributed by atoms with Gasteiger partial charge in [-0.15, -0.1) is 10.2 Å². The molecule has 5 aromatic rings. The van der Waals surface area contributed by atoms with E-state index in [4.69, 9.17) is 4.74 Å². The van der Waals surface area contributed by atoms with E-state index in [1.165, 1.54) is 6.07 Å². The Balaban J connectivity index is 1.24. The van der Waals surface area contributed by atoms with Gasteiger partial charge in [0.15, 0.2) is 5.82 Å². The number of para-hydroxylation sites is 1. The number of nitrogens with one attached hydrogen (secondary N) is 2. The molecule has 0 atom stereocenters. The molecule has 4 heterocycles. The Morgan fingerprint density at radius 3 is 2.76 bits per heavy atom. The summed E-state index contributed by atoms with van der Waals surface area (Å²) in [5.41, 5.74) is 2.05. The summed E-state index contributed by atoms with van der Waals surface area (Å²) in [5, 5.41) is 12.8. The van der Waals surface area contributed by atoms with Crippen LogP contribution >= 0.6 is 0 Å². The summed E-state index contributed by atoms with van der Waals surface area (Å²) in [5.74, 6) is 1.16. The number of H-pyrrole nitrogens is 1. The molecule has 1 aliphatic carbocycles. The van der Waals surface area contributed by atoms with Gasteiger partial charge >= 0.3 is 0 Å². The fourth-order valence-electron chi connectivity index (χ4n) is 4.65. The molecule has 4 aromatic heterocycles. The molecule has 0 radical (unpaired) electrons. The van der Waals surface area contributed by atoms with Gasteiger partial charge in [-0.25, -0.2) is 14.4 Å². The number of fused-ring (bicyclic) bond motifs is 1. The van der Waals surface area contributed by atoms with Crippen LogP contribution < -0.4 is 10.1 Å². The Kier molecular flexibility index (Phi) is 5.84. The van der Waals surface area contributed by atoms with Crippen molar-refractivity contribution >= 4 is 16.9 Å². The molecule has 0 unspecified atom stereocenters. The molecule has 6 rings (SSSR count). The van der Waals surface area contributed by atoms with Gasteiger partial charge in [-0.3, -0.25) is 9.36 Å². The van der Waals surface area contributed by atoms with Gasteiger partial charge in [-0.05, 0) is 62.2 Å². The molecule has 1 saturated carbocycles. The van der Waals surface area contributed by atoms with Gasteiger partial charge in [-0.1, -0.05) is 12.1 Å². The number of hydrogen-bond acceptors (Lipinski definition) is 6. The van der Waals surface area contributed by atoms with Crippen LogP contribution in [0.5, 0.6) is 5.75 Å². The largest absolute Gasteiger partial charge is 0.492 e. The van der Waals surface area contributed by atoms with Crippen molar-refractivity contribution in [3.05, 3.63) is 84.3 Å². The number of aromatic amines is 1. The Labute approximate surface area is 211 Å². The summed E-state index contributed by atoms with van der Waals surface area (Å²) >= 11 is 0. The molecule has 1 aromatic carbocycles. The maximum atomic E-state index is 14.9. The van der Waals surface area contributed by atoms with Crippen molar-refractivity contribution in [1.29, 1.82) is 0 Å². The van der Waals surface area contributed by atoms with E-state index in [1.54, 1.807) is 53.4 Å². The zero-order valence-corrected chi connectivity index (χ0v) is 20.1. The van der Waals surface area contributed by atoms with Crippen LogP contribution in [0, 0.1) is 5.82 Å². The first-order chi connectivity index (χ1) is 18.1. The highest BCUT2D eigenvalue weighted by molar-refractivity contribution is 5.97. The van der Waals surface area contributed by atoms with Gasteiger partial charge in [0, 0.05) is 23.5 Å². The number of amides is 1. The standard InChI is InChI=1S/C27H24FN7O2/c1-2-37-19-9-10-21(30-15-19)26-34-33-25(35(26)23-8-4-3-7-20(23)28)17-12-18(13-17)31-27(36)22-14-16-6-5-11-29-24(16)32-22/h3-11,14-15,17-18H,2,12-13H2,1H3,(H,29,32)(H,31,36). The van der Waals surface area contributed by atoms with E-state index in [0.29, 0.717) is 59.6 Å². The van der Waals surface area contributed by atoms with Crippen LogP contribution in [0.2, 0.25) is 0 Å². The van der Waals surface area contributed by atoms with Crippen LogP contribution in [-0.4, -0.2) is 48.3 Å². The molecular formula is C27H24FN7O2. The molecule has 1 aliphatic rings. The van der Waals surface area contributed by atoms with Crippen molar-refractivity contribution in [2.45, 2.75) is 31.7 Å². The number of aromatic nitrogens is 6. The van der Waals surface area contributed by atoms with E-state index < -0.39 is 0 Å². The fourth-order valence-corrected chi connectivity index (χ4v) is 4.65. The number of halogens is 1. The predicted octanol–water partition coefficient (Wildman–Crippen LogP) is 4.42. The molecule has 1 fully saturated rings. The van der Waals surface area contributed by atoms with E-state index in [-0.39, 0.29) is 23.7 Å². The quantitative estimate of drug-likeness (QED) is 0.344. The van der Waals surface area contributed by atoms with Crippen molar-refractivity contribution in [2.24, 2.45) is 0 Å². The highest BCUT2D eigenvalue weighted by atomic mass is 19.1. The van der Waals surface area contributed by atoms with Crippen LogP contribution in [0.15, 0.2) is 67.0 Å². The molecule has 0 spiro atoms. The average Bonchev–Trinajstić information content (AvgIpc) is 3.52. The number of hydrogen-bond donors (Lipinski definition) is 2. The van der Waals surface area contributed by atoms with Crippen LogP contribution in [0.1, 0.15) is 42.0 Å². The lowest BCUT2D eigenvalue weighted by atomic mass is 9.79. The van der Waals surface area contributed by atoms with E-state index in [9.17, 15) is 9.18 Å². The second kappa shape index (κ2) is 9.45. The minimum Gasteiger partial charge on any atom is -0.492 e. The predicted molar refractivity (Wildman–Crippen MR) is 135 cm³/mol. The number of carbonyl (C=O) groups is 1. The summed E-state index contributed by atoms with van der Waals surface area (Å²) < 4.78 is 22.1. The van der Waals surface area contributed by atoms with Gasteiger partial charge in [0.2, 0.25) is 0 Å². The van der Waals surface area contributed by atoms with E-state index in [1.807, 2.05) is 19.1 Å². The summed E-state index contributed by atoms with van der Waals surface area (Å²) in [6.45, 7) is 2.44. The lowest BCUT2D eigenvalue weighted by Gasteiger charge is -2.35. The Morgan fingerprint density at radius 1 is 1.14 bits per heavy atom. The summed E-state index contributed by atoms with van der Waals surface area (Å²) in [6, 6.07) is 15.6. The van der Waals surface area contributed by atoms with Gasteiger partial charge in [0.1, 0.15) is 34.4 Å². The Hall–Kier alpha value is -4.60. The third-order valence-electron chi connectivity index (χ3n) is 6.53. The summed E-state index contributed by atoms with van der Waals surface area (Å²) in [6.07, 6.45) is 4.62. The highest BCUT2D eigenvalue weighted by Gasteiger charge is 2.36. The second-order valence-electron chi connectivity index (χ2n) is 8.94. The number of rotatable bonds is 7. The molecule has 2 N–H and O–H groups in total. The zero-order chi connectivity index (χ0) is 25.4. The molecular weight excluding hydrogens is 473 g/mol. The SMILES string of the molecule is CCOc1ccc(-c2nnc(C3CC(NC(=O)c4cc5cccnc5[nH]4)C3)n2-c2ccccc2F)nc1. The van der Waals surface area contributed by atoms with Crippen molar-refractivity contribution in [1.82, 2.24) is 35.0 Å². The topological polar surface area (TPSA) is 111 Å². The van der Waals surface area contributed by atoms with Crippen LogP contribution in [0.25, 0.3) is 28.2 Å². The van der Waals surface area contributed by atoms with Crippen molar-refractivity contribution < 1.29 is 13.9 Å².